The van der Waals surface area contributed by atoms with E-state index in [9.17, 15) is 31.1 Å². The van der Waals surface area contributed by atoms with Crippen LogP contribution in [0.3, 0.4) is 0 Å². The minimum atomic E-state index is -4.93. The monoisotopic (exact) mass is 379 g/mol. The molecule has 0 heterocycles. The molecule has 1 atom stereocenters. The van der Waals surface area contributed by atoms with E-state index in [0.29, 0.717) is 12.1 Å². The molecule has 1 rings (SSSR count). The van der Waals surface area contributed by atoms with Gasteiger partial charge >= 0.3 is 12.4 Å². The van der Waals surface area contributed by atoms with Crippen molar-refractivity contribution in [2.45, 2.75) is 31.4 Å². The van der Waals surface area contributed by atoms with Crippen molar-refractivity contribution in [1.29, 1.82) is 0 Å². The minimum absolute atomic E-state index is 0. The minimum Gasteiger partial charge on any atom is -0.351 e. The highest BCUT2D eigenvalue weighted by atomic mass is 35.5. The van der Waals surface area contributed by atoms with E-state index < -0.39 is 42.0 Å². The van der Waals surface area contributed by atoms with Crippen LogP contribution in [0.5, 0.6) is 0 Å². The van der Waals surface area contributed by atoms with Crippen LogP contribution >= 0.6 is 12.4 Å². The fraction of sp³-hybridized carbons (Fsp3) is 0.462. The van der Waals surface area contributed by atoms with Gasteiger partial charge in [-0.05, 0) is 36.7 Å². The predicted molar refractivity (Wildman–Crippen MR) is 77.2 cm³/mol. The Hall–Kier alpha value is -1.52. The number of alkyl halides is 6. The zero-order valence-electron chi connectivity index (χ0n) is 12.2. The van der Waals surface area contributed by atoms with Crippen LogP contribution < -0.4 is 16.8 Å². The fourth-order valence-electron chi connectivity index (χ4n) is 1.75. The van der Waals surface area contributed by atoms with Crippen molar-refractivity contribution < 1.29 is 31.1 Å². The standard InChI is InChI=1S/C13H15F6N3O.ClH/c14-12(15,16)8-3-7(4-9(5-8)13(17,18)19)6-22-11(23)10(21)1-2-20;/h3-5,10H,1-2,6,20-21H2,(H,22,23);1H. The molecule has 0 saturated carbocycles. The summed E-state index contributed by atoms with van der Waals surface area (Å²) in [6.07, 6.45) is -9.73. The second-order valence-corrected chi connectivity index (χ2v) is 4.82. The zero-order valence-corrected chi connectivity index (χ0v) is 13.0. The van der Waals surface area contributed by atoms with Crippen LogP contribution in [0.4, 0.5) is 26.3 Å². The van der Waals surface area contributed by atoms with Gasteiger partial charge in [0.15, 0.2) is 0 Å². The number of carbonyl (C=O) groups is 1. The summed E-state index contributed by atoms with van der Waals surface area (Å²) >= 11 is 0. The number of benzene rings is 1. The van der Waals surface area contributed by atoms with Gasteiger partial charge in [-0.15, -0.1) is 12.4 Å². The number of amides is 1. The first-order chi connectivity index (χ1) is 10.4. The topological polar surface area (TPSA) is 81.1 Å². The van der Waals surface area contributed by atoms with Gasteiger partial charge < -0.3 is 16.8 Å². The first-order valence-corrected chi connectivity index (χ1v) is 6.47. The number of rotatable bonds is 5. The van der Waals surface area contributed by atoms with E-state index in [1.54, 1.807) is 0 Å². The van der Waals surface area contributed by atoms with Gasteiger partial charge in [0.25, 0.3) is 0 Å². The molecule has 11 heteroatoms. The summed E-state index contributed by atoms with van der Waals surface area (Å²) in [7, 11) is 0. The van der Waals surface area contributed by atoms with Gasteiger partial charge in [0.2, 0.25) is 5.91 Å². The van der Waals surface area contributed by atoms with E-state index >= 15 is 0 Å². The second kappa shape index (κ2) is 8.54. The highest BCUT2D eigenvalue weighted by molar-refractivity contribution is 5.85. The first kappa shape index (κ1) is 22.5. The second-order valence-electron chi connectivity index (χ2n) is 4.82. The third-order valence-corrected chi connectivity index (χ3v) is 2.93. The lowest BCUT2D eigenvalue weighted by molar-refractivity contribution is -0.143. The molecule has 138 valence electrons. The molecule has 0 spiro atoms. The normalized spacial score (nSPS) is 13.2. The molecule has 1 aromatic carbocycles. The van der Waals surface area contributed by atoms with Crippen molar-refractivity contribution in [1.82, 2.24) is 5.32 Å². The Bertz CT molecular complexity index is 529. The maximum absolute atomic E-state index is 12.7. The van der Waals surface area contributed by atoms with Crippen LogP contribution in [0.25, 0.3) is 0 Å². The van der Waals surface area contributed by atoms with E-state index in [-0.39, 0.29) is 37.0 Å². The lowest BCUT2D eigenvalue weighted by atomic mass is 10.0. The van der Waals surface area contributed by atoms with Gasteiger partial charge in [0.05, 0.1) is 17.2 Å². The van der Waals surface area contributed by atoms with Crippen LogP contribution in [0.1, 0.15) is 23.1 Å². The predicted octanol–water partition coefficient (Wildman–Crippen LogP) is 2.44. The molecule has 1 amide bonds. The highest BCUT2D eigenvalue weighted by Gasteiger charge is 2.36. The van der Waals surface area contributed by atoms with Crippen LogP contribution in [0, 0.1) is 0 Å². The molecule has 0 fully saturated rings. The SMILES string of the molecule is Cl.NCCC(N)C(=O)NCc1cc(C(F)(F)F)cc(C(F)(F)F)c1. The molecular weight excluding hydrogens is 364 g/mol. The van der Waals surface area contributed by atoms with Crippen molar-refractivity contribution in [2.24, 2.45) is 11.5 Å². The van der Waals surface area contributed by atoms with Crippen molar-refractivity contribution >= 4 is 18.3 Å². The lowest BCUT2D eigenvalue weighted by Crippen LogP contribution is -2.41. The summed E-state index contributed by atoms with van der Waals surface area (Å²) in [5.74, 6) is -0.707. The Balaban J connectivity index is 0.00000529. The summed E-state index contributed by atoms with van der Waals surface area (Å²) in [5.41, 5.74) is 7.42. The maximum atomic E-state index is 12.7. The van der Waals surface area contributed by atoms with Gasteiger partial charge in [-0.25, -0.2) is 0 Å². The van der Waals surface area contributed by atoms with Crippen LogP contribution in [-0.4, -0.2) is 18.5 Å². The van der Waals surface area contributed by atoms with Crippen LogP contribution in [0.15, 0.2) is 18.2 Å². The molecule has 24 heavy (non-hydrogen) atoms. The summed E-state index contributed by atoms with van der Waals surface area (Å²) in [6, 6.07) is 0.132. The van der Waals surface area contributed by atoms with Gasteiger partial charge in [-0.3, -0.25) is 4.79 Å². The lowest BCUT2D eigenvalue weighted by Gasteiger charge is -2.15. The first-order valence-electron chi connectivity index (χ1n) is 6.47. The summed E-state index contributed by atoms with van der Waals surface area (Å²) in [6.45, 7) is -0.388. The largest absolute Gasteiger partial charge is 0.416 e. The average molecular weight is 380 g/mol. The average Bonchev–Trinajstić information content (AvgIpc) is 2.42. The molecule has 5 N–H and O–H groups in total. The molecule has 0 radical (unpaired) electrons. The van der Waals surface area contributed by atoms with Gasteiger partial charge in [-0.2, -0.15) is 26.3 Å². The van der Waals surface area contributed by atoms with E-state index in [1.165, 1.54) is 0 Å². The number of hydrogen-bond acceptors (Lipinski definition) is 3. The molecule has 4 nitrogen and oxygen atoms in total. The Morgan fingerprint density at radius 3 is 1.88 bits per heavy atom. The molecule has 0 aliphatic carbocycles. The summed E-state index contributed by atoms with van der Waals surface area (Å²) in [4.78, 5) is 11.5. The molecule has 1 unspecified atom stereocenters. The Labute approximate surface area is 140 Å². The zero-order chi connectivity index (χ0) is 17.8. The molecule has 0 aliphatic rings. The smallest absolute Gasteiger partial charge is 0.351 e. The van der Waals surface area contributed by atoms with Crippen LogP contribution in [-0.2, 0) is 23.7 Å². The van der Waals surface area contributed by atoms with Crippen molar-refractivity contribution in [3.63, 3.8) is 0 Å². The third-order valence-electron chi connectivity index (χ3n) is 2.93. The van der Waals surface area contributed by atoms with E-state index in [2.05, 4.69) is 5.32 Å². The molecule has 1 aromatic rings. The number of nitrogens with one attached hydrogen (secondary N) is 1. The van der Waals surface area contributed by atoms with Gasteiger partial charge in [-0.1, -0.05) is 0 Å². The highest BCUT2D eigenvalue weighted by Crippen LogP contribution is 2.36. The van der Waals surface area contributed by atoms with E-state index in [4.69, 9.17) is 11.5 Å². The molecule has 0 aromatic heterocycles. The number of hydrogen-bond donors (Lipinski definition) is 3. The van der Waals surface area contributed by atoms with E-state index in [1.807, 2.05) is 0 Å². The maximum Gasteiger partial charge on any atom is 0.416 e. The third kappa shape index (κ3) is 6.54. The quantitative estimate of drug-likeness (QED) is 0.687. The summed E-state index contributed by atoms with van der Waals surface area (Å²) in [5, 5.41) is 2.19. The molecule has 0 bridgehead atoms. The summed E-state index contributed by atoms with van der Waals surface area (Å²) < 4.78 is 76.0. The Kier molecular flexibility index (Phi) is 8.00. The van der Waals surface area contributed by atoms with Gasteiger partial charge in [0.1, 0.15) is 0 Å². The van der Waals surface area contributed by atoms with Crippen molar-refractivity contribution in [2.75, 3.05) is 6.54 Å². The van der Waals surface area contributed by atoms with Crippen LogP contribution in [0.2, 0.25) is 0 Å². The molecular formula is C13H16ClF6N3O. The van der Waals surface area contributed by atoms with E-state index in [0.717, 1.165) is 0 Å². The number of halogens is 7. The Morgan fingerprint density at radius 2 is 1.50 bits per heavy atom. The molecule has 0 saturated heterocycles. The Morgan fingerprint density at radius 1 is 1.04 bits per heavy atom. The number of nitrogens with two attached hydrogens (primary N) is 2. The fourth-order valence-corrected chi connectivity index (χ4v) is 1.75. The van der Waals surface area contributed by atoms with Crippen molar-refractivity contribution in [3.05, 3.63) is 34.9 Å². The van der Waals surface area contributed by atoms with Gasteiger partial charge in [0, 0.05) is 6.54 Å². The number of carbonyl (C=O) groups excluding carboxylic acids is 1. The molecule has 0 aliphatic heterocycles. The van der Waals surface area contributed by atoms with Crippen molar-refractivity contribution in [3.8, 4) is 0 Å².